The molecule has 0 bridgehead atoms. The second-order valence-electron chi connectivity index (χ2n) is 5.84. The van der Waals surface area contributed by atoms with E-state index in [9.17, 15) is 9.59 Å². The summed E-state index contributed by atoms with van der Waals surface area (Å²) in [6.07, 6.45) is 6.52. The molecule has 3 heterocycles. The zero-order valence-corrected chi connectivity index (χ0v) is 15.0. The molecular weight excluding hydrogens is 362 g/mol. The van der Waals surface area contributed by atoms with Crippen molar-refractivity contribution in [3.63, 3.8) is 0 Å². The second kappa shape index (κ2) is 7.46. The molecule has 0 saturated heterocycles. The van der Waals surface area contributed by atoms with E-state index in [0.717, 1.165) is 16.2 Å². The molecule has 0 fully saturated rings. The van der Waals surface area contributed by atoms with E-state index >= 15 is 0 Å². The minimum atomic E-state index is -0.155. The first-order valence-electron chi connectivity index (χ1n) is 8.26. The van der Waals surface area contributed by atoms with Crippen molar-refractivity contribution in [3.05, 3.63) is 76.4 Å². The van der Waals surface area contributed by atoms with Crippen molar-refractivity contribution in [2.45, 2.75) is 13.1 Å². The van der Waals surface area contributed by atoms with Crippen LogP contribution in [-0.4, -0.2) is 25.4 Å². The molecule has 4 rings (SSSR count). The summed E-state index contributed by atoms with van der Waals surface area (Å²) in [5, 5.41) is 6.11. The van der Waals surface area contributed by atoms with Crippen molar-refractivity contribution >= 4 is 28.1 Å². The standard InChI is InChI=1S/C19H15N5O2S/c25-17-5-8-24(16-4-2-1-3-14(16)17)11-18(26)22-9-13-12-27-19(23-13)15-10-20-6-7-21-15/h1-8,10,12H,9,11H2,(H,22,26). The zero-order valence-electron chi connectivity index (χ0n) is 14.2. The van der Waals surface area contributed by atoms with Gasteiger partial charge in [0.1, 0.15) is 17.2 Å². The summed E-state index contributed by atoms with van der Waals surface area (Å²) >= 11 is 1.46. The van der Waals surface area contributed by atoms with Crippen LogP contribution >= 0.6 is 11.3 Å². The fourth-order valence-corrected chi connectivity index (χ4v) is 3.49. The third-order valence-electron chi connectivity index (χ3n) is 4.00. The number of hydrogen-bond acceptors (Lipinski definition) is 6. The smallest absolute Gasteiger partial charge is 0.240 e. The molecule has 1 amide bonds. The summed E-state index contributed by atoms with van der Waals surface area (Å²) in [6.45, 7) is 0.454. The molecule has 0 saturated carbocycles. The number of amides is 1. The molecule has 7 nitrogen and oxygen atoms in total. The maximum atomic E-state index is 12.3. The minimum absolute atomic E-state index is 0.0544. The molecule has 1 aromatic carbocycles. The Bertz CT molecular complexity index is 1150. The Balaban J connectivity index is 1.43. The van der Waals surface area contributed by atoms with E-state index in [1.807, 2.05) is 23.6 Å². The predicted molar refractivity (Wildman–Crippen MR) is 103 cm³/mol. The van der Waals surface area contributed by atoms with Crippen molar-refractivity contribution in [1.82, 2.24) is 24.8 Å². The number of hydrogen-bond donors (Lipinski definition) is 1. The molecule has 8 heteroatoms. The van der Waals surface area contributed by atoms with Gasteiger partial charge in [0.2, 0.25) is 5.91 Å². The van der Waals surface area contributed by atoms with E-state index in [2.05, 4.69) is 20.3 Å². The van der Waals surface area contributed by atoms with Gasteiger partial charge in [-0.15, -0.1) is 11.3 Å². The van der Waals surface area contributed by atoms with Crippen LogP contribution in [0.4, 0.5) is 0 Å². The average Bonchev–Trinajstić information content (AvgIpc) is 3.19. The number of para-hydroxylation sites is 1. The van der Waals surface area contributed by atoms with E-state index < -0.39 is 0 Å². The molecule has 0 unspecified atom stereocenters. The van der Waals surface area contributed by atoms with Crippen LogP contribution in [0.2, 0.25) is 0 Å². The highest BCUT2D eigenvalue weighted by atomic mass is 32.1. The first-order chi connectivity index (χ1) is 13.2. The second-order valence-corrected chi connectivity index (χ2v) is 6.69. The van der Waals surface area contributed by atoms with E-state index in [1.54, 1.807) is 35.4 Å². The Hall–Kier alpha value is -3.39. The van der Waals surface area contributed by atoms with Crippen LogP contribution in [0.15, 0.2) is 65.3 Å². The Morgan fingerprint density at radius 1 is 1.19 bits per heavy atom. The summed E-state index contributed by atoms with van der Waals surface area (Å²) in [7, 11) is 0. The van der Waals surface area contributed by atoms with Crippen molar-refractivity contribution in [3.8, 4) is 10.7 Å². The van der Waals surface area contributed by atoms with Crippen molar-refractivity contribution in [1.29, 1.82) is 0 Å². The van der Waals surface area contributed by atoms with Crippen LogP contribution in [0, 0.1) is 0 Å². The quantitative estimate of drug-likeness (QED) is 0.576. The zero-order chi connectivity index (χ0) is 18.6. The maximum absolute atomic E-state index is 12.3. The summed E-state index contributed by atoms with van der Waals surface area (Å²) < 4.78 is 1.76. The Morgan fingerprint density at radius 2 is 2.07 bits per heavy atom. The molecule has 0 radical (unpaired) electrons. The average molecular weight is 377 g/mol. The van der Waals surface area contributed by atoms with E-state index in [-0.39, 0.29) is 17.9 Å². The van der Waals surface area contributed by atoms with Crippen LogP contribution in [0.3, 0.4) is 0 Å². The molecule has 0 atom stereocenters. The monoisotopic (exact) mass is 377 g/mol. The molecule has 27 heavy (non-hydrogen) atoms. The number of aromatic nitrogens is 4. The lowest BCUT2D eigenvalue weighted by Crippen LogP contribution is -2.27. The summed E-state index contributed by atoms with van der Waals surface area (Å²) in [6, 6.07) is 8.72. The van der Waals surface area contributed by atoms with Gasteiger partial charge in [0.25, 0.3) is 0 Å². The van der Waals surface area contributed by atoms with Gasteiger partial charge < -0.3 is 9.88 Å². The van der Waals surface area contributed by atoms with Crippen LogP contribution in [0.25, 0.3) is 21.6 Å². The number of carbonyl (C=O) groups excluding carboxylic acids is 1. The highest BCUT2D eigenvalue weighted by Crippen LogP contribution is 2.20. The number of rotatable bonds is 5. The van der Waals surface area contributed by atoms with Crippen molar-refractivity contribution < 1.29 is 4.79 Å². The van der Waals surface area contributed by atoms with Crippen LogP contribution in [0.1, 0.15) is 5.69 Å². The Morgan fingerprint density at radius 3 is 2.93 bits per heavy atom. The number of fused-ring (bicyclic) bond motifs is 1. The Kier molecular flexibility index (Phi) is 4.71. The van der Waals surface area contributed by atoms with Crippen LogP contribution < -0.4 is 10.7 Å². The molecule has 0 spiro atoms. The molecule has 3 aromatic heterocycles. The first-order valence-corrected chi connectivity index (χ1v) is 9.14. The number of nitrogens with zero attached hydrogens (tertiary/aromatic N) is 4. The van der Waals surface area contributed by atoms with E-state index in [1.165, 1.54) is 17.4 Å². The van der Waals surface area contributed by atoms with E-state index in [0.29, 0.717) is 17.6 Å². The van der Waals surface area contributed by atoms with Crippen molar-refractivity contribution in [2.24, 2.45) is 0 Å². The van der Waals surface area contributed by atoms with Gasteiger partial charge >= 0.3 is 0 Å². The number of pyridine rings is 1. The van der Waals surface area contributed by atoms with Gasteiger partial charge in [0.15, 0.2) is 5.43 Å². The lowest BCUT2D eigenvalue weighted by atomic mass is 10.2. The van der Waals surface area contributed by atoms with Crippen LogP contribution in [0.5, 0.6) is 0 Å². The molecular formula is C19H15N5O2S. The minimum Gasteiger partial charge on any atom is -0.349 e. The largest absolute Gasteiger partial charge is 0.349 e. The molecule has 134 valence electrons. The molecule has 0 aliphatic rings. The van der Waals surface area contributed by atoms with Gasteiger partial charge in [-0.1, -0.05) is 12.1 Å². The number of benzene rings is 1. The maximum Gasteiger partial charge on any atom is 0.240 e. The van der Waals surface area contributed by atoms with Gasteiger partial charge in [-0.3, -0.25) is 19.6 Å². The molecule has 0 aliphatic heterocycles. The predicted octanol–water partition coefficient (Wildman–Crippen LogP) is 2.23. The van der Waals surface area contributed by atoms with Gasteiger partial charge in [-0.2, -0.15) is 0 Å². The molecule has 0 aliphatic carbocycles. The normalized spacial score (nSPS) is 10.8. The highest BCUT2D eigenvalue weighted by Gasteiger charge is 2.09. The SMILES string of the molecule is O=C(Cn1ccc(=O)c2ccccc21)NCc1csc(-c2cnccn2)n1. The Labute approximate surface area is 158 Å². The summed E-state index contributed by atoms with van der Waals surface area (Å²) in [5.74, 6) is -0.155. The first kappa shape index (κ1) is 17.0. The fraction of sp³-hybridized carbons (Fsp3) is 0.105. The van der Waals surface area contributed by atoms with Gasteiger partial charge in [0, 0.05) is 35.4 Å². The van der Waals surface area contributed by atoms with Crippen LogP contribution in [-0.2, 0) is 17.9 Å². The number of thiazole rings is 1. The molecule has 4 aromatic rings. The lowest BCUT2D eigenvalue weighted by Gasteiger charge is -2.10. The van der Waals surface area contributed by atoms with Gasteiger partial charge in [0.05, 0.1) is 24.0 Å². The summed E-state index contributed by atoms with van der Waals surface area (Å²) in [4.78, 5) is 37.0. The number of carbonyl (C=O) groups is 1. The van der Waals surface area contributed by atoms with Crippen molar-refractivity contribution in [2.75, 3.05) is 0 Å². The highest BCUT2D eigenvalue weighted by molar-refractivity contribution is 7.13. The van der Waals surface area contributed by atoms with Gasteiger partial charge in [-0.25, -0.2) is 4.98 Å². The third-order valence-corrected chi connectivity index (χ3v) is 4.91. The lowest BCUT2D eigenvalue weighted by molar-refractivity contribution is -0.121. The van der Waals surface area contributed by atoms with E-state index in [4.69, 9.17) is 0 Å². The topological polar surface area (TPSA) is 89.8 Å². The third kappa shape index (κ3) is 3.75. The number of nitrogens with one attached hydrogen (secondary N) is 1. The van der Waals surface area contributed by atoms with Gasteiger partial charge in [-0.05, 0) is 12.1 Å². The summed E-state index contributed by atoms with van der Waals surface area (Å²) in [5.41, 5.74) is 2.15. The fourth-order valence-electron chi connectivity index (χ4n) is 2.71. The molecule has 1 N–H and O–H groups in total.